The molecule has 0 saturated carbocycles. The number of rotatable bonds is 7. The van der Waals surface area contributed by atoms with Gasteiger partial charge in [0.25, 0.3) is 5.91 Å². The van der Waals surface area contributed by atoms with E-state index in [0.29, 0.717) is 17.5 Å². The molecule has 0 atom stereocenters. The molecule has 0 unspecified atom stereocenters. The summed E-state index contributed by atoms with van der Waals surface area (Å²) in [6.07, 6.45) is 3.76. The first-order valence-electron chi connectivity index (χ1n) is 6.84. The van der Waals surface area contributed by atoms with Gasteiger partial charge in [0, 0.05) is 17.6 Å². The zero-order valence-electron chi connectivity index (χ0n) is 12.3. The van der Waals surface area contributed by atoms with Gasteiger partial charge in [-0.1, -0.05) is 37.6 Å². The summed E-state index contributed by atoms with van der Waals surface area (Å²) in [5.74, 6) is -0.331. The summed E-state index contributed by atoms with van der Waals surface area (Å²) in [5, 5.41) is 3.29. The third kappa shape index (κ3) is 8.15. The molecule has 1 amide bonds. The molecule has 0 fully saturated rings. The topological polar surface area (TPSA) is 55.4 Å². The maximum absolute atomic E-state index is 11.5. The Kier molecular flexibility index (Phi) is 7.54. The largest absolute Gasteiger partial charge is 0.452 e. The van der Waals surface area contributed by atoms with Crippen LogP contribution in [0.15, 0.2) is 30.3 Å². The summed E-state index contributed by atoms with van der Waals surface area (Å²) >= 11 is 5.83. The van der Waals surface area contributed by atoms with E-state index in [1.807, 2.05) is 6.07 Å². The van der Waals surface area contributed by atoms with E-state index in [4.69, 9.17) is 16.3 Å². The van der Waals surface area contributed by atoms with Crippen LogP contribution < -0.4 is 5.32 Å². The molecular formula is C16H20ClNO3. The molecule has 0 saturated heterocycles. The van der Waals surface area contributed by atoms with Gasteiger partial charge in [-0.15, -0.1) is 0 Å². The lowest BCUT2D eigenvalue weighted by Crippen LogP contribution is -2.29. The Bertz CT molecular complexity index is 512. The third-order valence-electron chi connectivity index (χ3n) is 2.65. The first kappa shape index (κ1) is 17.2. The molecule has 0 heterocycles. The molecule has 4 nitrogen and oxygen atoms in total. The van der Waals surface area contributed by atoms with Gasteiger partial charge >= 0.3 is 5.97 Å². The molecule has 0 bridgehead atoms. The van der Waals surface area contributed by atoms with Crippen molar-refractivity contribution in [3.05, 3.63) is 40.9 Å². The Hall–Kier alpha value is -1.81. The summed E-state index contributed by atoms with van der Waals surface area (Å²) in [5.41, 5.74) is 0.792. The third-order valence-corrected chi connectivity index (χ3v) is 2.89. The number of amides is 1. The number of benzene rings is 1. The summed E-state index contributed by atoms with van der Waals surface area (Å²) in [7, 11) is 0. The Labute approximate surface area is 130 Å². The van der Waals surface area contributed by atoms with Gasteiger partial charge in [-0.3, -0.25) is 4.79 Å². The van der Waals surface area contributed by atoms with Crippen LogP contribution in [0.2, 0.25) is 5.02 Å². The number of halogens is 1. The minimum Gasteiger partial charge on any atom is -0.452 e. The van der Waals surface area contributed by atoms with Crippen LogP contribution in [-0.4, -0.2) is 25.0 Å². The summed E-state index contributed by atoms with van der Waals surface area (Å²) < 4.78 is 4.84. The molecule has 1 aromatic rings. The molecule has 0 aromatic heterocycles. The highest BCUT2D eigenvalue weighted by Gasteiger charge is 2.04. The number of hydrogen-bond acceptors (Lipinski definition) is 3. The van der Waals surface area contributed by atoms with Crippen LogP contribution in [0.4, 0.5) is 0 Å². The molecular weight excluding hydrogens is 290 g/mol. The molecule has 114 valence electrons. The fraction of sp³-hybridized carbons (Fsp3) is 0.375. The molecule has 1 rings (SSSR count). The van der Waals surface area contributed by atoms with Crippen molar-refractivity contribution in [2.75, 3.05) is 13.2 Å². The zero-order chi connectivity index (χ0) is 15.7. The Morgan fingerprint density at radius 3 is 2.81 bits per heavy atom. The fourth-order valence-corrected chi connectivity index (χ4v) is 1.71. The van der Waals surface area contributed by atoms with Crippen molar-refractivity contribution in [1.29, 1.82) is 0 Å². The second-order valence-electron chi connectivity index (χ2n) is 5.03. The smallest absolute Gasteiger partial charge is 0.331 e. The second-order valence-corrected chi connectivity index (χ2v) is 5.46. The van der Waals surface area contributed by atoms with E-state index in [0.717, 1.165) is 12.0 Å². The monoisotopic (exact) mass is 309 g/mol. The maximum Gasteiger partial charge on any atom is 0.331 e. The van der Waals surface area contributed by atoms with Gasteiger partial charge in [-0.2, -0.15) is 0 Å². The number of nitrogens with one attached hydrogen (secondary N) is 1. The number of carbonyl (C=O) groups excluding carboxylic acids is 2. The first-order valence-corrected chi connectivity index (χ1v) is 7.22. The van der Waals surface area contributed by atoms with Crippen LogP contribution in [0.25, 0.3) is 6.08 Å². The minimum atomic E-state index is -0.561. The second kappa shape index (κ2) is 9.19. The summed E-state index contributed by atoms with van der Waals surface area (Å²) in [6.45, 7) is 4.48. The van der Waals surface area contributed by atoms with Crippen molar-refractivity contribution in [3.8, 4) is 0 Å². The number of ether oxygens (including phenoxy) is 1. The van der Waals surface area contributed by atoms with Gasteiger partial charge < -0.3 is 10.1 Å². The lowest BCUT2D eigenvalue weighted by atomic mass is 10.1. The van der Waals surface area contributed by atoms with Gasteiger partial charge in [-0.25, -0.2) is 4.79 Å². The minimum absolute atomic E-state index is 0.267. The number of esters is 1. The SMILES string of the molecule is CC(C)CCNC(=O)COC(=O)/C=C/c1cccc(Cl)c1. The first-order chi connectivity index (χ1) is 9.97. The highest BCUT2D eigenvalue weighted by atomic mass is 35.5. The van der Waals surface area contributed by atoms with Crippen LogP contribution in [0, 0.1) is 5.92 Å². The van der Waals surface area contributed by atoms with E-state index in [-0.39, 0.29) is 12.5 Å². The lowest BCUT2D eigenvalue weighted by molar-refractivity contribution is -0.143. The molecule has 1 N–H and O–H groups in total. The van der Waals surface area contributed by atoms with Crippen LogP contribution in [0.1, 0.15) is 25.8 Å². The van der Waals surface area contributed by atoms with Crippen molar-refractivity contribution in [1.82, 2.24) is 5.32 Å². The van der Waals surface area contributed by atoms with Crippen molar-refractivity contribution in [3.63, 3.8) is 0 Å². The Balaban J connectivity index is 2.29. The van der Waals surface area contributed by atoms with Crippen molar-refractivity contribution in [2.24, 2.45) is 5.92 Å². The summed E-state index contributed by atoms with van der Waals surface area (Å²) in [6, 6.07) is 7.08. The van der Waals surface area contributed by atoms with E-state index in [1.54, 1.807) is 24.3 Å². The average Bonchev–Trinajstić information content (AvgIpc) is 2.42. The predicted molar refractivity (Wildman–Crippen MR) is 83.9 cm³/mol. The average molecular weight is 310 g/mol. The van der Waals surface area contributed by atoms with Gasteiger partial charge in [0.2, 0.25) is 0 Å². The zero-order valence-corrected chi connectivity index (χ0v) is 13.0. The predicted octanol–water partition coefficient (Wildman–Crippen LogP) is 3.06. The maximum atomic E-state index is 11.5. The van der Waals surface area contributed by atoms with Gasteiger partial charge in [0.15, 0.2) is 6.61 Å². The highest BCUT2D eigenvalue weighted by molar-refractivity contribution is 6.30. The lowest BCUT2D eigenvalue weighted by Gasteiger charge is -2.06. The van der Waals surface area contributed by atoms with E-state index in [9.17, 15) is 9.59 Å². The number of carbonyl (C=O) groups is 2. The highest BCUT2D eigenvalue weighted by Crippen LogP contribution is 2.11. The van der Waals surface area contributed by atoms with Crippen molar-refractivity contribution < 1.29 is 14.3 Å². The molecule has 0 aliphatic heterocycles. The molecule has 5 heteroatoms. The molecule has 1 aromatic carbocycles. The van der Waals surface area contributed by atoms with E-state index >= 15 is 0 Å². The van der Waals surface area contributed by atoms with Crippen molar-refractivity contribution >= 4 is 29.6 Å². The molecule has 0 spiro atoms. The standard InChI is InChI=1S/C16H20ClNO3/c1-12(2)8-9-18-15(19)11-21-16(20)7-6-13-4-3-5-14(17)10-13/h3-7,10,12H,8-9,11H2,1-2H3,(H,18,19)/b7-6+. The molecule has 0 aliphatic rings. The van der Waals surface area contributed by atoms with Crippen molar-refractivity contribution in [2.45, 2.75) is 20.3 Å². The van der Waals surface area contributed by atoms with E-state index < -0.39 is 5.97 Å². The van der Waals surface area contributed by atoms with Crippen LogP contribution in [0.3, 0.4) is 0 Å². The quantitative estimate of drug-likeness (QED) is 0.622. The fourth-order valence-electron chi connectivity index (χ4n) is 1.51. The van der Waals surface area contributed by atoms with Gasteiger partial charge in [0.1, 0.15) is 0 Å². The van der Waals surface area contributed by atoms with Crippen LogP contribution in [0.5, 0.6) is 0 Å². The Morgan fingerprint density at radius 2 is 2.14 bits per heavy atom. The normalized spacial score (nSPS) is 10.9. The van der Waals surface area contributed by atoms with Gasteiger partial charge in [-0.05, 0) is 36.1 Å². The van der Waals surface area contributed by atoms with Crippen LogP contribution in [-0.2, 0) is 14.3 Å². The Morgan fingerprint density at radius 1 is 1.38 bits per heavy atom. The van der Waals surface area contributed by atoms with E-state index in [2.05, 4.69) is 19.2 Å². The van der Waals surface area contributed by atoms with Crippen LogP contribution >= 0.6 is 11.6 Å². The molecule has 0 radical (unpaired) electrons. The molecule has 0 aliphatic carbocycles. The number of hydrogen-bond donors (Lipinski definition) is 1. The summed E-state index contributed by atoms with van der Waals surface area (Å²) in [4.78, 5) is 22.9. The molecule has 21 heavy (non-hydrogen) atoms. The van der Waals surface area contributed by atoms with Gasteiger partial charge in [0.05, 0.1) is 0 Å². The van der Waals surface area contributed by atoms with E-state index in [1.165, 1.54) is 6.08 Å².